The van der Waals surface area contributed by atoms with Crippen LogP contribution in [-0.4, -0.2) is 28.3 Å². The molecule has 0 spiro atoms. The normalized spacial score (nSPS) is 17.8. The van der Waals surface area contributed by atoms with Gasteiger partial charge in [0.1, 0.15) is 11.6 Å². The van der Waals surface area contributed by atoms with Gasteiger partial charge >= 0.3 is 5.97 Å². The number of nitrogens with one attached hydrogen (secondary N) is 1. The molecule has 110 valence electrons. The molecule has 6 heteroatoms. The summed E-state index contributed by atoms with van der Waals surface area (Å²) < 4.78 is 26.8. The van der Waals surface area contributed by atoms with Gasteiger partial charge in [-0.2, -0.15) is 0 Å². The third-order valence-corrected chi connectivity index (χ3v) is 3.35. The van der Waals surface area contributed by atoms with Gasteiger partial charge in [-0.25, -0.2) is 8.78 Å². The van der Waals surface area contributed by atoms with Crippen molar-refractivity contribution < 1.29 is 23.8 Å². The van der Waals surface area contributed by atoms with Crippen molar-refractivity contribution >= 4 is 5.97 Å². The number of aliphatic carboxylic acids is 1. The zero-order valence-corrected chi connectivity index (χ0v) is 10.9. The summed E-state index contributed by atoms with van der Waals surface area (Å²) in [5.41, 5.74) is -0.145. The molecule has 2 atom stereocenters. The molecule has 0 aromatic heterocycles. The molecule has 1 aromatic rings. The molecule has 1 fully saturated rings. The second-order valence-electron chi connectivity index (χ2n) is 5.09. The first-order valence-electron chi connectivity index (χ1n) is 6.58. The van der Waals surface area contributed by atoms with E-state index in [2.05, 4.69) is 5.32 Å². The SMILES string of the molecule is O=C(O)CCC(NC1CC1)C(O)c1cc(F)ccc1F. The molecule has 1 aromatic carbocycles. The Balaban J connectivity index is 2.12. The lowest BCUT2D eigenvalue weighted by atomic mass is 9.97. The van der Waals surface area contributed by atoms with Crippen LogP contribution < -0.4 is 5.32 Å². The van der Waals surface area contributed by atoms with Crippen LogP contribution in [-0.2, 0) is 4.79 Å². The first-order chi connectivity index (χ1) is 9.47. The van der Waals surface area contributed by atoms with E-state index in [1.165, 1.54) is 0 Å². The molecule has 3 N–H and O–H groups in total. The molecule has 1 aliphatic carbocycles. The molecule has 20 heavy (non-hydrogen) atoms. The van der Waals surface area contributed by atoms with Crippen LogP contribution in [0, 0.1) is 11.6 Å². The lowest BCUT2D eigenvalue weighted by Gasteiger charge is -2.24. The van der Waals surface area contributed by atoms with Crippen LogP contribution in [0.1, 0.15) is 37.4 Å². The molecule has 0 aliphatic heterocycles. The summed E-state index contributed by atoms with van der Waals surface area (Å²) in [4.78, 5) is 10.6. The number of halogens is 2. The Kier molecular flexibility index (Phi) is 4.67. The Morgan fingerprint density at radius 1 is 1.40 bits per heavy atom. The molecule has 2 rings (SSSR count). The third kappa shape index (κ3) is 3.98. The van der Waals surface area contributed by atoms with Gasteiger partial charge < -0.3 is 15.5 Å². The van der Waals surface area contributed by atoms with E-state index in [9.17, 15) is 18.7 Å². The largest absolute Gasteiger partial charge is 0.481 e. The molecule has 0 amide bonds. The quantitative estimate of drug-likeness (QED) is 0.716. The average Bonchev–Trinajstić information content (AvgIpc) is 3.20. The highest BCUT2D eigenvalue weighted by Gasteiger charge is 2.30. The van der Waals surface area contributed by atoms with Gasteiger partial charge in [0.05, 0.1) is 6.10 Å². The van der Waals surface area contributed by atoms with Gasteiger partial charge in [-0.05, 0) is 37.5 Å². The molecule has 0 bridgehead atoms. The molecule has 0 saturated heterocycles. The van der Waals surface area contributed by atoms with Crippen molar-refractivity contribution in [3.63, 3.8) is 0 Å². The fourth-order valence-corrected chi connectivity index (χ4v) is 2.12. The van der Waals surface area contributed by atoms with Crippen LogP contribution in [0.3, 0.4) is 0 Å². The van der Waals surface area contributed by atoms with E-state index in [0.29, 0.717) is 0 Å². The van der Waals surface area contributed by atoms with Gasteiger partial charge in [0.25, 0.3) is 0 Å². The predicted molar refractivity (Wildman–Crippen MR) is 68.1 cm³/mol. The smallest absolute Gasteiger partial charge is 0.303 e. The Bertz CT molecular complexity index is 491. The van der Waals surface area contributed by atoms with E-state index in [1.54, 1.807) is 0 Å². The molecule has 0 radical (unpaired) electrons. The maximum Gasteiger partial charge on any atom is 0.303 e. The number of benzene rings is 1. The van der Waals surface area contributed by atoms with Crippen molar-refractivity contribution in [2.45, 2.75) is 43.9 Å². The fraction of sp³-hybridized carbons (Fsp3) is 0.500. The number of aliphatic hydroxyl groups excluding tert-OH is 1. The van der Waals surface area contributed by atoms with E-state index in [0.717, 1.165) is 31.0 Å². The second kappa shape index (κ2) is 6.28. The van der Waals surface area contributed by atoms with Crippen LogP contribution in [0.15, 0.2) is 18.2 Å². The Labute approximate surface area is 115 Å². The molecule has 2 unspecified atom stereocenters. The van der Waals surface area contributed by atoms with Crippen molar-refractivity contribution in [3.05, 3.63) is 35.4 Å². The zero-order chi connectivity index (χ0) is 14.7. The molecular formula is C14H17F2NO3. The Morgan fingerprint density at radius 2 is 2.10 bits per heavy atom. The lowest BCUT2D eigenvalue weighted by molar-refractivity contribution is -0.137. The van der Waals surface area contributed by atoms with Crippen LogP contribution in [0.2, 0.25) is 0 Å². The summed E-state index contributed by atoms with van der Waals surface area (Å²) in [6.45, 7) is 0. The molecule has 4 nitrogen and oxygen atoms in total. The lowest BCUT2D eigenvalue weighted by Crippen LogP contribution is -2.37. The van der Waals surface area contributed by atoms with Crippen molar-refractivity contribution in [2.24, 2.45) is 0 Å². The monoisotopic (exact) mass is 285 g/mol. The van der Waals surface area contributed by atoms with Gasteiger partial charge in [-0.1, -0.05) is 0 Å². The minimum Gasteiger partial charge on any atom is -0.481 e. The number of hydrogen-bond acceptors (Lipinski definition) is 3. The van der Waals surface area contributed by atoms with E-state index >= 15 is 0 Å². The molecule has 0 heterocycles. The summed E-state index contributed by atoms with van der Waals surface area (Å²) in [6, 6.07) is 2.50. The summed E-state index contributed by atoms with van der Waals surface area (Å²) >= 11 is 0. The maximum atomic E-state index is 13.7. The molecular weight excluding hydrogens is 268 g/mol. The Hall–Kier alpha value is -1.53. The first kappa shape index (κ1) is 14.9. The number of aliphatic hydroxyl groups is 1. The van der Waals surface area contributed by atoms with Gasteiger partial charge in [-0.3, -0.25) is 4.79 Å². The third-order valence-electron chi connectivity index (χ3n) is 3.35. The topological polar surface area (TPSA) is 69.6 Å². The van der Waals surface area contributed by atoms with Crippen molar-refractivity contribution in [3.8, 4) is 0 Å². The minimum absolute atomic E-state index is 0.140. The number of carboxylic acid groups (broad SMARTS) is 1. The number of hydrogen-bond donors (Lipinski definition) is 3. The zero-order valence-electron chi connectivity index (χ0n) is 10.9. The van der Waals surface area contributed by atoms with E-state index in [4.69, 9.17) is 5.11 Å². The van der Waals surface area contributed by atoms with Crippen molar-refractivity contribution in [1.29, 1.82) is 0 Å². The fourth-order valence-electron chi connectivity index (χ4n) is 2.12. The van der Waals surface area contributed by atoms with E-state index in [-0.39, 0.29) is 24.4 Å². The summed E-state index contributed by atoms with van der Waals surface area (Å²) in [6.07, 6.45) is 0.635. The van der Waals surface area contributed by atoms with Gasteiger partial charge in [0.15, 0.2) is 0 Å². The van der Waals surface area contributed by atoms with Crippen LogP contribution in [0.25, 0.3) is 0 Å². The molecule has 1 aliphatic rings. The van der Waals surface area contributed by atoms with Gasteiger partial charge in [0, 0.05) is 24.1 Å². The van der Waals surface area contributed by atoms with E-state index < -0.39 is 29.7 Å². The predicted octanol–water partition coefficient (Wildman–Crippen LogP) is 1.98. The number of rotatable bonds is 7. The highest BCUT2D eigenvalue weighted by atomic mass is 19.1. The van der Waals surface area contributed by atoms with Crippen molar-refractivity contribution in [1.82, 2.24) is 5.32 Å². The summed E-state index contributed by atoms with van der Waals surface area (Å²) in [5.74, 6) is -2.32. The minimum atomic E-state index is -1.27. The van der Waals surface area contributed by atoms with Gasteiger partial charge in [0.2, 0.25) is 0 Å². The number of carbonyl (C=O) groups is 1. The second-order valence-corrected chi connectivity index (χ2v) is 5.09. The highest BCUT2D eigenvalue weighted by molar-refractivity contribution is 5.66. The maximum absolute atomic E-state index is 13.7. The summed E-state index contributed by atoms with van der Waals surface area (Å²) in [7, 11) is 0. The van der Waals surface area contributed by atoms with Crippen LogP contribution in [0.5, 0.6) is 0 Å². The van der Waals surface area contributed by atoms with E-state index in [1.807, 2.05) is 0 Å². The molecule has 1 saturated carbocycles. The average molecular weight is 285 g/mol. The van der Waals surface area contributed by atoms with Crippen LogP contribution >= 0.6 is 0 Å². The number of carboxylic acids is 1. The summed E-state index contributed by atoms with van der Waals surface area (Å²) in [5, 5.41) is 22.0. The highest BCUT2D eigenvalue weighted by Crippen LogP contribution is 2.27. The Morgan fingerprint density at radius 3 is 2.70 bits per heavy atom. The van der Waals surface area contributed by atoms with Crippen LogP contribution in [0.4, 0.5) is 8.78 Å². The standard InChI is InChI=1S/C14H17F2NO3/c15-8-1-4-11(16)10(7-8)14(20)12(5-6-13(18)19)17-9-2-3-9/h1,4,7,9,12,14,17,20H,2-3,5-6H2,(H,18,19). The van der Waals surface area contributed by atoms with Gasteiger partial charge in [-0.15, -0.1) is 0 Å². The first-order valence-corrected chi connectivity index (χ1v) is 6.58. The van der Waals surface area contributed by atoms with Crippen molar-refractivity contribution in [2.75, 3.05) is 0 Å².